The van der Waals surface area contributed by atoms with Crippen LogP contribution in [0.3, 0.4) is 0 Å². The maximum absolute atomic E-state index is 10.9. The molecule has 3 atom stereocenters. The minimum absolute atomic E-state index is 0.00152. The summed E-state index contributed by atoms with van der Waals surface area (Å²) in [5.74, 6) is 0. The molecule has 0 unspecified atom stereocenters. The summed E-state index contributed by atoms with van der Waals surface area (Å²) in [4.78, 5) is 0. The Bertz CT molecular complexity index is 775. The topological polar surface area (TPSA) is 58.9 Å². The van der Waals surface area contributed by atoms with Gasteiger partial charge in [0.05, 0.1) is 12.7 Å². The molecule has 170 valence electrons. The van der Waals surface area contributed by atoms with Gasteiger partial charge in [0.15, 0.2) is 0 Å². The number of aliphatic hydroxyl groups is 2. The standard InChI is InChI=1S/C26H38O4Si/c1-8-26(5,6)24(29-7)23(28)22(27)19-30-31(25(2,3)4,20-15-11-9-12-16-20)21-17-13-10-14-18-21/h8-18,22-24,27-28H,1,19H2,2-7H3/t22-,23+,24-/m1/s1. The molecule has 2 rings (SSSR count). The number of aliphatic hydroxyl groups excluding tert-OH is 2. The van der Waals surface area contributed by atoms with Crippen molar-refractivity contribution in [1.29, 1.82) is 0 Å². The van der Waals surface area contributed by atoms with Crippen molar-refractivity contribution in [1.82, 2.24) is 0 Å². The summed E-state index contributed by atoms with van der Waals surface area (Å²) in [6.45, 7) is 14.2. The molecule has 0 bridgehead atoms. The second-order valence-electron chi connectivity index (χ2n) is 9.71. The molecule has 0 heterocycles. The second kappa shape index (κ2) is 10.2. The number of hydrogen-bond donors (Lipinski definition) is 2. The van der Waals surface area contributed by atoms with Crippen LogP contribution in [0.5, 0.6) is 0 Å². The molecule has 0 amide bonds. The van der Waals surface area contributed by atoms with Gasteiger partial charge in [0, 0.05) is 12.5 Å². The highest BCUT2D eigenvalue weighted by Crippen LogP contribution is 2.37. The lowest BCUT2D eigenvalue weighted by Gasteiger charge is -2.44. The van der Waals surface area contributed by atoms with Gasteiger partial charge in [-0.3, -0.25) is 0 Å². The molecule has 2 aromatic rings. The van der Waals surface area contributed by atoms with Crippen molar-refractivity contribution < 1.29 is 19.4 Å². The normalized spacial score (nSPS) is 15.9. The van der Waals surface area contributed by atoms with E-state index in [9.17, 15) is 10.2 Å². The molecule has 0 aliphatic heterocycles. The Labute approximate surface area is 188 Å². The van der Waals surface area contributed by atoms with E-state index in [1.807, 2.05) is 50.2 Å². The van der Waals surface area contributed by atoms with E-state index in [-0.39, 0.29) is 11.6 Å². The zero-order valence-electron chi connectivity index (χ0n) is 19.7. The average molecular weight is 443 g/mol. The third kappa shape index (κ3) is 5.36. The van der Waals surface area contributed by atoms with Crippen LogP contribution in [0.2, 0.25) is 5.04 Å². The number of hydrogen-bond acceptors (Lipinski definition) is 4. The van der Waals surface area contributed by atoms with Gasteiger partial charge < -0.3 is 19.4 Å². The average Bonchev–Trinajstić information content (AvgIpc) is 2.74. The van der Waals surface area contributed by atoms with Crippen molar-refractivity contribution in [2.45, 2.75) is 58.0 Å². The van der Waals surface area contributed by atoms with Crippen LogP contribution in [-0.4, -0.2) is 50.6 Å². The van der Waals surface area contributed by atoms with E-state index in [2.05, 4.69) is 51.6 Å². The molecule has 0 saturated carbocycles. The van der Waals surface area contributed by atoms with Gasteiger partial charge >= 0.3 is 0 Å². The van der Waals surface area contributed by atoms with E-state index in [1.165, 1.54) is 7.11 Å². The Balaban J connectivity index is 2.44. The zero-order valence-corrected chi connectivity index (χ0v) is 20.7. The number of ether oxygens (including phenoxy) is 1. The molecule has 0 aliphatic rings. The van der Waals surface area contributed by atoms with Crippen molar-refractivity contribution in [2.24, 2.45) is 5.41 Å². The van der Waals surface area contributed by atoms with Crippen molar-refractivity contribution in [3.05, 3.63) is 73.3 Å². The highest BCUT2D eigenvalue weighted by Gasteiger charge is 2.51. The van der Waals surface area contributed by atoms with Crippen LogP contribution in [0.25, 0.3) is 0 Å². The van der Waals surface area contributed by atoms with Crippen LogP contribution in [0, 0.1) is 5.41 Å². The predicted molar refractivity (Wildman–Crippen MR) is 130 cm³/mol. The quantitative estimate of drug-likeness (QED) is 0.437. The fourth-order valence-corrected chi connectivity index (χ4v) is 8.85. The lowest BCUT2D eigenvalue weighted by Crippen LogP contribution is -2.67. The van der Waals surface area contributed by atoms with E-state index in [0.717, 1.165) is 10.4 Å². The summed E-state index contributed by atoms with van der Waals surface area (Å²) in [6.07, 6.45) is -1.09. The van der Waals surface area contributed by atoms with Gasteiger partial charge in [-0.25, -0.2) is 0 Å². The predicted octanol–water partition coefficient (Wildman–Crippen LogP) is 3.51. The number of rotatable bonds is 10. The molecule has 2 N–H and O–H groups in total. The summed E-state index contributed by atoms with van der Waals surface area (Å²) >= 11 is 0. The summed E-state index contributed by atoms with van der Waals surface area (Å²) in [5.41, 5.74) is -0.507. The molecular formula is C26H38O4Si. The zero-order chi connectivity index (χ0) is 23.3. The third-order valence-corrected chi connectivity index (χ3v) is 11.1. The van der Waals surface area contributed by atoms with E-state index >= 15 is 0 Å². The van der Waals surface area contributed by atoms with Crippen LogP contribution in [-0.2, 0) is 9.16 Å². The highest BCUT2D eigenvalue weighted by molar-refractivity contribution is 6.99. The largest absolute Gasteiger partial charge is 0.405 e. The lowest BCUT2D eigenvalue weighted by atomic mass is 9.82. The van der Waals surface area contributed by atoms with Crippen LogP contribution in [0.4, 0.5) is 0 Å². The van der Waals surface area contributed by atoms with E-state index < -0.39 is 32.0 Å². The number of methoxy groups -OCH3 is 1. The molecule has 0 spiro atoms. The maximum atomic E-state index is 10.9. The molecule has 0 saturated heterocycles. The summed E-state index contributed by atoms with van der Waals surface area (Å²) in [5, 5.41) is 23.9. The Morgan fingerprint density at radius 3 is 1.71 bits per heavy atom. The highest BCUT2D eigenvalue weighted by atomic mass is 28.4. The van der Waals surface area contributed by atoms with Crippen LogP contribution >= 0.6 is 0 Å². The minimum atomic E-state index is -2.79. The fraction of sp³-hybridized carbons (Fsp3) is 0.462. The van der Waals surface area contributed by atoms with Gasteiger partial charge in [-0.05, 0) is 15.4 Å². The lowest BCUT2D eigenvalue weighted by molar-refractivity contribution is -0.117. The van der Waals surface area contributed by atoms with Gasteiger partial charge in [-0.15, -0.1) is 6.58 Å². The van der Waals surface area contributed by atoms with E-state index in [4.69, 9.17) is 9.16 Å². The Morgan fingerprint density at radius 1 is 0.903 bits per heavy atom. The van der Waals surface area contributed by atoms with Gasteiger partial charge in [0.1, 0.15) is 12.2 Å². The van der Waals surface area contributed by atoms with Crippen molar-refractivity contribution >= 4 is 18.7 Å². The first-order valence-electron chi connectivity index (χ1n) is 10.8. The smallest absolute Gasteiger partial charge is 0.261 e. The molecule has 2 aromatic carbocycles. The van der Waals surface area contributed by atoms with Crippen LogP contribution in [0.15, 0.2) is 73.3 Å². The van der Waals surface area contributed by atoms with Gasteiger partial charge in [0.2, 0.25) is 0 Å². The SMILES string of the molecule is C=CC(C)(C)[C@H](OC)[C@@H](O)[C@H](O)CO[Si](c1ccccc1)(c1ccccc1)C(C)(C)C. The summed E-state index contributed by atoms with van der Waals surface area (Å²) in [6, 6.07) is 20.5. The van der Waals surface area contributed by atoms with Crippen LogP contribution in [0.1, 0.15) is 34.6 Å². The van der Waals surface area contributed by atoms with E-state index in [0.29, 0.717) is 0 Å². The monoisotopic (exact) mass is 442 g/mol. The molecule has 4 nitrogen and oxygen atoms in total. The summed E-state index contributed by atoms with van der Waals surface area (Å²) in [7, 11) is -1.25. The van der Waals surface area contributed by atoms with E-state index in [1.54, 1.807) is 6.08 Å². The third-order valence-electron chi connectivity index (χ3n) is 6.11. The van der Waals surface area contributed by atoms with Crippen molar-refractivity contribution in [3.63, 3.8) is 0 Å². The Kier molecular flexibility index (Phi) is 8.42. The first kappa shape index (κ1) is 25.5. The molecule has 0 fully saturated rings. The molecule has 0 aliphatic carbocycles. The fourth-order valence-electron chi connectivity index (χ4n) is 4.27. The van der Waals surface area contributed by atoms with Crippen molar-refractivity contribution in [3.8, 4) is 0 Å². The van der Waals surface area contributed by atoms with Crippen molar-refractivity contribution in [2.75, 3.05) is 13.7 Å². The minimum Gasteiger partial charge on any atom is -0.405 e. The molecule has 0 radical (unpaired) electrons. The Morgan fingerprint density at radius 2 is 1.35 bits per heavy atom. The van der Waals surface area contributed by atoms with Gasteiger partial charge in [-0.1, -0.05) is 101 Å². The molecule has 0 aromatic heterocycles. The Hall–Kier alpha value is -1.76. The maximum Gasteiger partial charge on any atom is 0.261 e. The molecule has 5 heteroatoms. The van der Waals surface area contributed by atoms with Crippen LogP contribution < -0.4 is 10.4 Å². The summed E-state index contributed by atoms with van der Waals surface area (Å²) < 4.78 is 12.3. The first-order valence-corrected chi connectivity index (χ1v) is 12.7. The molecule has 31 heavy (non-hydrogen) atoms. The number of benzene rings is 2. The van der Waals surface area contributed by atoms with Gasteiger partial charge in [-0.2, -0.15) is 0 Å². The first-order chi connectivity index (χ1) is 14.5. The van der Waals surface area contributed by atoms with Gasteiger partial charge in [0.25, 0.3) is 8.32 Å². The molecular weight excluding hydrogens is 404 g/mol. The second-order valence-corrected chi connectivity index (χ2v) is 14.0.